The summed E-state index contributed by atoms with van der Waals surface area (Å²) in [7, 11) is 0. The van der Waals surface area contributed by atoms with Gasteiger partial charge in [0.05, 0.1) is 5.69 Å². The molecule has 4 heteroatoms. The van der Waals surface area contributed by atoms with Crippen molar-refractivity contribution in [2.75, 3.05) is 0 Å². The minimum absolute atomic E-state index is 0.0869. The molecule has 1 aliphatic heterocycles. The van der Waals surface area contributed by atoms with Crippen LogP contribution < -0.4 is 0 Å². The summed E-state index contributed by atoms with van der Waals surface area (Å²) < 4.78 is 4.14. The quantitative estimate of drug-likeness (QED) is 0.251. The number of rotatable bonds is 3. The molecule has 0 fully saturated rings. The predicted octanol–water partition coefficient (Wildman–Crippen LogP) is 10.0. The van der Waals surface area contributed by atoms with Crippen molar-refractivity contribution in [2.45, 2.75) is 68.9 Å². The highest BCUT2D eigenvalue weighted by atomic mass is 32.2. The molecule has 0 radical (unpaired) electrons. The molecule has 0 aliphatic carbocycles. The summed E-state index contributed by atoms with van der Waals surface area (Å²) in [5.74, 6) is 0.610. The van der Waals surface area contributed by atoms with Crippen LogP contribution in [0, 0.1) is 0 Å². The minimum Gasteiger partial charge on any atom is -0.256 e. The molecule has 2 atom stereocenters. The Morgan fingerprint density at radius 1 is 1.00 bits per heavy atom. The number of fused-ring (bicyclic) bond motifs is 6. The zero-order valence-corrected chi connectivity index (χ0v) is 22.3. The number of nitrogens with zero attached hydrogens (tertiary/aromatic N) is 1. The van der Waals surface area contributed by atoms with Gasteiger partial charge >= 0.3 is 0 Å². The van der Waals surface area contributed by atoms with E-state index in [0.717, 1.165) is 5.69 Å². The van der Waals surface area contributed by atoms with Crippen LogP contribution in [-0.2, 0) is 5.41 Å². The summed E-state index contributed by atoms with van der Waals surface area (Å²) >= 11 is 5.88. The standard InChI is InChI=1S/C29H29NS3/c1-6-7-21-16(2)19-8-9-22-25(28(19)33-21)24-23(32-22)10-12-30-26(24)18-14-17-11-13-31-27(17)20(15-18)29(3,4)5/h8-16,21H,6-7H2,1-5H3. The highest BCUT2D eigenvalue weighted by molar-refractivity contribution is 8.00. The Bertz CT molecular complexity index is 1520. The summed E-state index contributed by atoms with van der Waals surface area (Å²) in [6.45, 7) is 11.7. The van der Waals surface area contributed by atoms with Crippen molar-refractivity contribution >= 4 is 64.7 Å². The molecule has 0 saturated carbocycles. The van der Waals surface area contributed by atoms with E-state index in [1.54, 1.807) is 0 Å². The first-order valence-electron chi connectivity index (χ1n) is 11.9. The minimum atomic E-state index is 0.0869. The van der Waals surface area contributed by atoms with Gasteiger partial charge < -0.3 is 0 Å². The highest BCUT2D eigenvalue weighted by Crippen LogP contribution is 2.54. The van der Waals surface area contributed by atoms with Crippen LogP contribution in [0.3, 0.4) is 0 Å². The predicted molar refractivity (Wildman–Crippen MR) is 150 cm³/mol. The van der Waals surface area contributed by atoms with Gasteiger partial charge in [-0.05, 0) is 70.0 Å². The molecule has 0 bridgehead atoms. The molecular weight excluding hydrogens is 459 g/mol. The van der Waals surface area contributed by atoms with E-state index >= 15 is 0 Å². The molecule has 0 amide bonds. The van der Waals surface area contributed by atoms with Crippen LogP contribution in [0.1, 0.15) is 64.5 Å². The lowest BCUT2D eigenvalue weighted by molar-refractivity contribution is 0.597. The van der Waals surface area contributed by atoms with E-state index < -0.39 is 0 Å². The van der Waals surface area contributed by atoms with E-state index in [-0.39, 0.29) is 5.41 Å². The summed E-state index contributed by atoms with van der Waals surface area (Å²) in [4.78, 5) is 6.52. The number of hydrogen-bond acceptors (Lipinski definition) is 4. The zero-order valence-electron chi connectivity index (χ0n) is 19.9. The lowest BCUT2D eigenvalue weighted by atomic mass is 9.84. The summed E-state index contributed by atoms with van der Waals surface area (Å²) in [5.41, 5.74) is 5.42. The third-order valence-electron chi connectivity index (χ3n) is 7.06. The number of thioether (sulfide) groups is 1. The van der Waals surface area contributed by atoms with Crippen LogP contribution in [0.15, 0.2) is 52.9 Å². The number of aromatic nitrogens is 1. The number of pyridine rings is 1. The van der Waals surface area contributed by atoms with Gasteiger partial charge in [-0.2, -0.15) is 0 Å². The topological polar surface area (TPSA) is 12.9 Å². The Hall–Kier alpha value is -1.88. The second-order valence-corrected chi connectivity index (χ2v) is 13.6. The van der Waals surface area contributed by atoms with Crippen molar-refractivity contribution in [3.8, 4) is 11.3 Å². The van der Waals surface area contributed by atoms with Crippen molar-refractivity contribution in [1.82, 2.24) is 4.98 Å². The fourth-order valence-electron chi connectivity index (χ4n) is 5.32. The number of thiophene rings is 2. The summed E-state index contributed by atoms with van der Waals surface area (Å²) in [5, 5.41) is 7.02. The fraction of sp³-hybridized carbons (Fsp3) is 0.345. The van der Waals surface area contributed by atoms with Crippen LogP contribution in [0.25, 0.3) is 41.5 Å². The Kier molecular flexibility index (Phi) is 5.13. The van der Waals surface area contributed by atoms with Crippen LogP contribution in [0.5, 0.6) is 0 Å². The molecule has 2 unspecified atom stereocenters. The van der Waals surface area contributed by atoms with E-state index in [2.05, 4.69) is 88.2 Å². The molecule has 6 rings (SSSR count). The largest absolute Gasteiger partial charge is 0.256 e. The van der Waals surface area contributed by atoms with E-state index in [0.29, 0.717) is 11.2 Å². The second-order valence-electron chi connectivity index (χ2n) is 10.3. The van der Waals surface area contributed by atoms with E-state index in [1.165, 1.54) is 64.7 Å². The summed E-state index contributed by atoms with van der Waals surface area (Å²) in [6, 6.07) is 14.0. The van der Waals surface area contributed by atoms with Gasteiger partial charge in [0.25, 0.3) is 0 Å². The Balaban J connectivity index is 1.65. The van der Waals surface area contributed by atoms with Crippen molar-refractivity contribution in [1.29, 1.82) is 0 Å². The van der Waals surface area contributed by atoms with Crippen LogP contribution in [-0.4, -0.2) is 10.2 Å². The van der Waals surface area contributed by atoms with Gasteiger partial charge in [-0.15, -0.1) is 34.4 Å². The van der Waals surface area contributed by atoms with Crippen molar-refractivity contribution < 1.29 is 0 Å². The third-order valence-corrected chi connectivity index (χ3v) is 10.8. The Morgan fingerprint density at radius 3 is 2.61 bits per heavy atom. The molecule has 1 aliphatic rings. The van der Waals surface area contributed by atoms with Crippen molar-refractivity contribution in [3.63, 3.8) is 0 Å². The molecule has 2 aromatic carbocycles. The monoisotopic (exact) mass is 487 g/mol. The first-order chi connectivity index (χ1) is 15.9. The van der Waals surface area contributed by atoms with Crippen molar-refractivity contribution in [3.05, 3.63) is 59.1 Å². The van der Waals surface area contributed by atoms with Crippen LogP contribution in [0.4, 0.5) is 0 Å². The molecule has 0 spiro atoms. The molecule has 168 valence electrons. The highest BCUT2D eigenvalue weighted by Gasteiger charge is 2.32. The van der Waals surface area contributed by atoms with E-state index in [4.69, 9.17) is 4.98 Å². The van der Waals surface area contributed by atoms with Gasteiger partial charge in [0.1, 0.15) is 0 Å². The number of benzene rings is 2. The van der Waals surface area contributed by atoms with Gasteiger partial charge in [-0.1, -0.05) is 47.1 Å². The first-order valence-corrected chi connectivity index (χ1v) is 14.5. The van der Waals surface area contributed by atoms with Gasteiger partial charge in [0.15, 0.2) is 0 Å². The van der Waals surface area contributed by atoms with Crippen LogP contribution >= 0.6 is 34.4 Å². The fourth-order valence-corrected chi connectivity index (χ4v) is 9.33. The molecule has 5 aromatic rings. The lowest BCUT2D eigenvalue weighted by Gasteiger charge is -2.21. The average Bonchev–Trinajstić information content (AvgIpc) is 3.48. The smallest absolute Gasteiger partial charge is 0.0795 e. The maximum atomic E-state index is 5.01. The zero-order chi connectivity index (χ0) is 22.9. The Labute approximate surface area is 208 Å². The molecular formula is C29H29NS3. The van der Waals surface area contributed by atoms with E-state index in [9.17, 15) is 0 Å². The molecule has 4 heterocycles. The first kappa shape index (κ1) is 21.6. The van der Waals surface area contributed by atoms with Crippen molar-refractivity contribution in [2.24, 2.45) is 0 Å². The maximum Gasteiger partial charge on any atom is 0.0795 e. The Morgan fingerprint density at radius 2 is 1.82 bits per heavy atom. The van der Waals surface area contributed by atoms with Gasteiger partial charge in [0, 0.05) is 46.8 Å². The molecule has 0 N–H and O–H groups in total. The van der Waals surface area contributed by atoms with Gasteiger partial charge in [0.2, 0.25) is 0 Å². The van der Waals surface area contributed by atoms with Crippen LogP contribution in [0.2, 0.25) is 0 Å². The molecule has 33 heavy (non-hydrogen) atoms. The molecule has 1 nitrogen and oxygen atoms in total. The third kappa shape index (κ3) is 3.37. The average molecular weight is 488 g/mol. The van der Waals surface area contributed by atoms with E-state index in [1.807, 2.05) is 28.9 Å². The molecule has 3 aromatic heterocycles. The lowest BCUT2D eigenvalue weighted by Crippen LogP contribution is -2.11. The number of hydrogen-bond donors (Lipinski definition) is 0. The summed E-state index contributed by atoms with van der Waals surface area (Å²) in [6.07, 6.45) is 4.52. The normalized spacial score (nSPS) is 18.6. The maximum absolute atomic E-state index is 5.01. The van der Waals surface area contributed by atoms with Gasteiger partial charge in [-0.25, -0.2) is 0 Å². The SMILES string of the molecule is CCCC1Sc2c(ccc3sc4ccnc(-c5cc(C(C)(C)C)c6sccc6c5)c4c23)C1C. The second kappa shape index (κ2) is 7.83. The van der Waals surface area contributed by atoms with Gasteiger partial charge in [-0.3, -0.25) is 4.98 Å². The molecule has 0 saturated heterocycles.